The maximum absolute atomic E-state index is 3.59. The Morgan fingerprint density at radius 1 is 1.60 bits per heavy atom. The molecular formula is C8H6Br2. The molecule has 0 spiro atoms. The van der Waals surface area contributed by atoms with Crippen LogP contribution in [0.15, 0.2) is 40.6 Å². The quantitative estimate of drug-likeness (QED) is 0.464. The van der Waals surface area contributed by atoms with Crippen LogP contribution in [0.4, 0.5) is 0 Å². The van der Waals surface area contributed by atoms with E-state index < -0.39 is 0 Å². The van der Waals surface area contributed by atoms with Crippen molar-refractivity contribution in [2.24, 2.45) is 0 Å². The second-order valence-corrected chi connectivity index (χ2v) is 3.73. The lowest BCUT2D eigenvalue weighted by Crippen LogP contribution is -2.00. The van der Waals surface area contributed by atoms with Gasteiger partial charge in [-0.2, -0.15) is 0 Å². The summed E-state index contributed by atoms with van der Waals surface area (Å²) >= 11 is 6.85. The standard InChI is InChI=1S/C8H6Br2/c1-2-6-7(9)4-3-5-8(6)10/h3-5,7H,1H2. The summed E-state index contributed by atoms with van der Waals surface area (Å²) in [4.78, 5) is 0.254. The summed E-state index contributed by atoms with van der Waals surface area (Å²) in [6.07, 6.45) is 6.01. The third-order valence-electron chi connectivity index (χ3n) is 1.25. The second-order valence-electron chi connectivity index (χ2n) is 1.89. The molecule has 0 heterocycles. The van der Waals surface area contributed by atoms with Crippen molar-refractivity contribution in [1.82, 2.24) is 0 Å². The molecule has 1 aliphatic rings. The number of alkyl halides is 1. The molecule has 0 saturated carbocycles. The molecular weight excluding hydrogens is 256 g/mol. The van der Waals surface area contributed by atoms with E-state index in [0.717, 1.165) is 10.1 Å². The maximum Gasteiger partial charge on any atom is 0.0662 e. The van der Waals surface area contributed by atoms with Gasteiger partial charge >= 0.3 is 0 Å². The minimum atomic E-state index is 0.254. The molecule has 0 aliphatic heterocycles. The number of hydrogen-bond donors (Lipinski definition) is 0. The fourth-order valence-corrected chi connectivity index (χ4v) is 2.17. The van der Waals surface area contributed by atoms with Gasteiger partial charge in [-0.25, -0.2) is 0 Å². The fourth-order valence-electron chi connectivity index (χ4n) is 0.737. The van der Waals surface area contributed by atoms with Crippen molar-refractivity contribution in [1.29, 1.82) is 0 Å². The lowest BCUT2D eigenvalue weighted by molar-refractivity contribution is 1.31. The SMILES string of the molecule is C=C=C1C(Br)=CC=CC1Br. The molecule has 0 aromatic heterocycles. The van der Waals surface area contributed by atoms with Crippen LogP contribution in [0.2, 0.25) is 0 Å². The summed E-state index contributed by atoms with van der Waals surface area (Å²) in [6.45, 7) is 3.59. The number of allylic oxidation sites excluding steroid dienone is 5. The van der Waals surface area contributed by atoms with Gasteiger partial charge in [0.05, 0.1) is 4.83 Å². The van der Waals surface area contributed by atoms with Crippen LogP contribution in [0.5, 0.6) is 0 Å². The Balaban J connectivity index is 3.04. The van der Waals surface area contributed by atoms with Gasteiger partial charge in [0.2, 0.25) is 0 Å². The molecule has 2 heteroatoms. The summed E-state index contributed by atoms with van der Waals surface area (Å²) in [6, 6.07) is 0. The Labute approximate surface area is 77.3 Å². The van der Waals surface area contributed by atoms with Crippen molar-refractivity contribution in [3.8, 4) is 0 Å². The first-order valence-electron chi connectivity index (χ1n) is 2.84. The average Bonchev–Trinajstić information content (AvgIpc) is 1.88. The third kappa shape index (κ3) is 1.51. The Kier molecular flexibility index (Phi) is 2.72. The highest BCUT2D eigenvalue weighted by atomic mass is 79.9. The predicted molar refractivity (Wildman–Crippen MR) is 51.5 cm³/mol. The molecule has 0 aromatic rings. The van der Waals surface area contributed by atoms with Gasteiger partial charge in [0.25, 0.3) is 0 Å². The Morgan fingerprint density at radius 3 is 2.70 bits per heavy atom. The zero-order valence-electron chi connectivity index (χ0n) is 5.27. The minimum absolute atomic E-state index is 0.254. The van der Waals surface area contributed by atoms with Crippen LogP contribution in [0.1, 0.15) is 0 Å². The van der Waals surface area contributed by atoms with Gasteiger partial charge < -0.3 is 0 Å². The topological polar surface area (TPSA) is 0 Å². The lowest BCUT2D eigenvalue weighted by Gasteiger charge is -2.10. The first-order valence-corrected chi connectivity index (χ1v) is 4.55. The van der Waals surface area contributed by atoms with E-state index in [2.05, 4.69) is 44.2 Å². The molecule has 0 aromatic carbocycles. The van der Waals surface area contributed by atoms with Gasteiger partial charge in [0, 0.05) is 10.1 Å². The lowest BCUT2D eigenvalue weighted by atomic mass is 10.1. The highest BCUT2D eigenvalue weighted by Gasteiger charge is 2.11. The van der Waals surface area contributed by atoms with Crippen LogP contribution < -0.4 is 0 Å². The largest absolute Gasteiger partial charge is 0.122 e. The molecule has 0 radical (unpaired) electrons. The Morgan fingerprint density at radius 2 is 2.30 bits per heavy atom. The van der Waals surface area contributed by atoms with E-state index in [0.29, 0.717) is 0 Å². The van der Waals surface area contributed by atoms with E-state index in [1.165, 1.54) is 0 Å². The van der Waals surface area contributed by atoms with Crippen molar-refractivity contribution in [2.75, 3.05) is 0 Å². The molecule has 1 unspecified atom stereocenters. The molecule has 1 aliphatic carbocycles. The molecule has 10 heavy (non-hydrogen) atoms. The molecule has 0 amide bonds. The van der Waals surface area contributed by atoms with Crippen LogP contribution in [0, 0.1) is 0 Å². The normalized spacial score (nSPS) is 24.0. The van der Waals surface area contributed by atoms with E-state index in [1.54, 1.807) is 0 Å². The molecule has 1 atom stereocenters. The zero-order valence-corrected chi connectivity index (χ0v) is 8.44. The van der Waals surface area contributed by atoms with Gasteiger partial charge in [-0.15, -0.1) is 5.73 Å². The van der Waals surface area contributed by atoms with Crippen LogP contribution in [-0.2, 0) is 0 Å². The monoisotopic (exact) mass is 260 g/mol. The van der Waals surface area contributed by atoms with E-state index in [4.69, 9.17) is 0 Å². The van der Waals surface area contributed by atoms with Crippen molar-refractivity contribution in [3.05, 3.63) is 40.6 Å². The fraction of sp³-hybridized carbons (Fsp3) is 0.125. The maximum atomic E-state index is 3.59. The Bertz CT molecular complexity index is 242. The van der Waals surface area contributed by atoms with Gasteiger partial charge in [-0.05, 0) is 22.0 Å². The summed E-state index contributed by atoms with van der Waals surface area (Å²) in [5.74, 6) is 0. The first kappa shape index (κ1) is 8.06. The van der Waals surface area contributed by atoms with Crippen molar-refractivity contribution in [3.63, 3.8) is 0 Å². The molecule has 0 N–H and O–H groups in total. The van der Waals surface area contributed by atoms with Gasteiger partial charge in [-0.3, -0.25) is 0 Å². The number of halogens is 2. The molecule has 52 valence electrons. The molecule has 0 fully saturated rings. The summed E-state index contributed by atoms with van der Waals surface area (Å²) in [5.41, 5.74) is 3.91. The van der Waals surface area contributed by atoms with E-state index in [-0.39, 0.29) is 4.83 Å². The van der Waals surface area contributed by atoms with Crippen molar-refractivity contribution < 1.29 is 0 Å². The van der Waals surface area contributed by atoms with Crippen LogP contribution in [0.3, 0.4) is 0 Å². The Hall–Kier alpha value is -0.0400. The van der Waals surface area contributed by atoms with Crippen molar-refractivity contribution in [2.45, 2.75) is 4.83 Å². The van der Waals surface area contributed by atoms with Crippen LogP contribution >= 0.6 is 31.9 Å². The van der Waals surface area contributed by atoms with Gasteiger partial charge in [0.15, 0.2) is 0 Å². The predicted octanol–water partition coefficient (Wildman–Crippen LogP) is 3.31. The first-order chi connectivity index (χ1) is 4.75. The van der Waals surface area contributed by atoms with E-state index >= 15 is 0 Å². The molecule has 1 rings (SSSR count). The van der Waals surface area contributed by atoms with E-state index in [9.17, 15) is 0 Å². The number of hydrogen-bond acceptors (Lipinski definition) is 0. The summed E-state index contributed by atoms with van der Waals surface area (Å²) in [7, 11) is 0. The van der Waals surface area contributed by atoms with Crippen molar-refractivity contribution >= 4 is 31.9 Å². The highest BCUT2D eigenvalue weighted by Crippen LogP contribution is 2.28. The average molecular weight is 262 g/mol. The molecule has 0 nitrogen and oxygen atoms in total. The third-order valence-corrected chi connectivity index (χ3v) is 2.70. The summed E-state index contributed by atoms with van der Waals surface area (Å²) < 4.78 is 1.05. The van der Waals surface area contributed by atoms with Gasteiger partial charge in [0.1, 0.15) is 0 Å². The smallest absolute Gasteiger partial charge is 0.0662 e. The van der Waals surface area contributed by atoms with Crippen LogP contribution in [0.25, 0.3) is 0 Å². The van der Waals surface area contributed by atoms with Crippen LogP contribution in [-0.4, -0.2) is 4.83 Å². The molecule has 0 saturated heterocycles. The van der Waals surface area contributed by atoms with Gasteiger partial charge in [-0.1, -0.05) is 34.7 Å². The second kappa shape index (κ2) is 3.38. The summed E-state index contributed by atoms with van der Waals surface area (Å²) in [5, 5.41) is 0. The van der Waals surface area contributed by atoms with E-state index in [1.807, 2.05) is 18.2 Å². The highest BCUT2D eigenvalue weighted by molar-refractivity contribution is 9.12. The molecule has 0 bridgehead atoms. The minimum Gasteiger partial charge on any atom is -0.122 e. The number of rotatable bonds is 0. The zero-order chi connectivity index (χ0) is 7.56.